The van der Waals surface area contributed by atoms with Crippen molar-refractivity contribution in [3.63, 3.8) is 0 Å². The summed E-state index contributed by atoms with van der Waals surface area (Å²) in [6.07, 6.45) is -0.624. The van der Waals surface area contributed by atoms with Gasteiger partial charge < -0.3 is 5.32 Å². The fourth-order valence-corrected chi connectivity index (χ4v) is 2.12. The third kappa shape index (κ3) is 1.88. The van der Waals surface area contributed by atoms with E-state index in [4.69, 9.17) is 0 Å². The van der Waals surface area contributed by atoms with Crippen LogP contribution in [-0.2, 0) is 11.3 Å². The van der Waals surface area contributed by atoms with Crippen molar-refractivity contribution in [3.05, 3.63) is 16.1 Å². The van der Waals surface area contributed by atoms with Gasteiger partial charge in [-0.3, -0.25) is 4.79 Å². The Morgan fingerprint density at radius 1 is 1.87 bits per heavy atom. The van der Waals surface area contributed by atoms with Crippen LogP contribution in [0.25, 0.3) is 0 Å². The lowest BCUT2D eigenvalue weighted by Crippen LogP contribution is -2.31. The van der Waals surface area contributed by atoms with Crippen molar-refractivity contribution in [1.29, 1.82) is 0 Å². The van der Waals surface area contributed by atoms with E-state index in [1.54, 1.807) is 12.4 Å². The van der Waals surface area contributed by atoms with E-state index in [1.165, 1.54) is 11.3 Å². The van der Waals surface area contributed by atoms with Gasteiger partial charge in [-0.25, -0.2) is 9.37 Å². The van der Waals surface area contributed by atoms with Crippen LogP contribution in [0.1, 0.15) is 23.9 Å². The van der Waals surface area contributed by atoms with E-state index in [0.717, 1.165) is 10.6 Å². The van der Waals surface area contributed by atoms with Crippen molar-refractivity contribution in [1.82, 2.24) is 10.3 Å². The molecule has 2 unspecified atom stereocenters. The lowest BCUT2D eigenvalue weighted by atomic mass is 10.1. The van der Waals surface area contributed by atoms with Crippen molar-refractivity contribution in [3.8, 4) is 0 Å². The van der Waals surface area contributed by atoms with Gasteiger partial charge in [0.15, 0.2) is 0 Å². The number of hydrogen-bond donors (Lipinski definition) is 1. The van der Waals surface area contributed by atoms with Crippen LogP contribution >= 0.6 is 11.3 Å². The van der Waals surface area contributed by atoms with Crippen molar-refractivity contribution >= 4 is 17.2 Å². The highest BCUT2D eigenvalue weighted by molar-refractivity contribution is 7.09. The molecule has 0 bridgehead atoms. The van der Waals surface area contributed by atoms with Crippen molar-refractivity contribution in [2.45, 2.75) is 33.0 Å². The highest BCUT2D eigenvalue weighted by atomic mass is 32.1. The number of carbonyl (C=O) groups excluding carboxylic acids is 1. The summed E-state index contributed by atoms with van der Waals surface area (Å²) in [4.78, 5) is 16.7. The van der Waals surface area contributed by atoms with E-state index < -0.39 is 11.6 Å². The van der Waals surface area contributed by atoms with Gasteiger partial charge in [0.1, 0.15) is 6.17 Å². The molecule has 82 valence electrons. The van der Waals surface area contributed by atoms with Crippen LogP contribution in [-0.4, -0.2) is 17.1 Å². The molecule has 1 fully saturated rings. The Morgan fingerprint density at radius 3 is 3.00 bits per heavy atom. The second kappa shape index (κ2) is 3.56. The van der Waals surface area contributed by atoms with Gasteiger partial charge in [0.25, 0.3) is 0 Å². The SMILES string of the molecule is Cc1ncsc1CNC(=O)C1(C)CC1F. The first kappa shape index (κ1) is 10.5. The number of nitrogens with one attached hydrogen (secondary N) is 1. The van der Waals surface area contributed by atoms with Crippen LogP contribution in [0.5, 0.6) is 0 Å². The predicted octanol–water partition coefficient (Wildman–Crippen LogP) is 1.82. The zero-order valence-corrected chi connectivity index (χ0v) is 9.53. The second-order valence-corrected chi connectivity index (χ2v) is 5.07. The van der Waals surface area contributed by atoms with Gasteiger partial charge >= 0.3 is 0 Å². The average Bonchev–Trinajstić information content (AvgIpc) is 2.61. The first-order valence-corrected chi connectivity index (χ1v) is 5.73. The second-order valence-electron chi connectivity index (χ2n) is 4.13. The zero-order valence-electron chi connectivity index (χ0n) is 8.71. The molecule has 1 N–H and O–H groups in total. The molecule has 1 heterocycles. The molecule has 1 aliphatic rings. The third-order valence-corrected chi connectivity index (χ3v) is 3.84. The number of carbonyl (C=O) groups is 1. The first-order valence-electron chi connectivity index (χ1n) is 4.85. The summed E-state index contributed by atoms with van der Waals surface area (Å²) in [7, 11) is 0. The van der Waals surface area contributed by atoms with Gasteiger partial charge in [-0.05, 0) is 20.3 Å². The molecule has 5 heteroatoms. The number of hydrogen-bond acceptors (Lipinski definition) is 3. The summed E-state index contributed by atoms with van der Waals surface area (Å²) in [5.74, 6) is -0.192. The highest BCUT2D eigenvalue weighted by Crippen LogP contribution is 2.48. The molecule has 1 saturated carbocycles. The number of aryl methyl sites for hydroxylation is 1. The number of nitrogens with zero attached hydrogens (tertiary/aromatic N) is 1. The van der Waals surface area contributed by atoms with E-state index in [0.29, 0.717) is 13.0 Å². The maximum atomic E-state index is 12.9. The monoisotopic (exact) mass is 228 g/mol. The van der Waals surface area contributed by atoms with Crippen LogP contribution in [0.15, 0.2) is 5.51 Å². The minimum atomic E-state index is -0.972. The fraction of sp³-hybridized carbons (Fsp3) is 0.600. The van der Waals surface area contributed by atoms with E-state index in [9.17, 15) is 9.18 Å². The summed E-state index contributed by atoms with van der Waals surface area (Å²) >= 11 is 1.50. The Kier molecular flexibility index (Phi) is 2.50. The zero-order chi connectivity index (χ0) is 11.1. The van der Waals surface area contributed by atoms with Crippen molar-refractivity contribution < 1.29 is 9.18 Å². The van der Waals surface area contributed by atoms with Crippen LogP contribution in [0.3, 0.4) is 0 Å². The summed E-state index contributed by atoms with van der Waals surface area (Å²) < 4.78 is 12.9. The largest absolute Gasteiger partial charge is 0.351 e. The first-order chi connectivity index (χ1) is 7.04. The molecule has 1 aliphatic carbocycles. The van der Waals surface area contributed by atoms with E-state index in [2.05, 4.69) is 10.3 Å². The molecular formula is C10H13FN2OS. The molecule has 3 nitrogen and oxygen atoms in total. The number of alkyl halides is 1. The van der Waals surface area contributed by atoms with Gasteiger partial charge in [-0.1, -0.05) is 0 Å². The van der Waals surface area contributed by atoms with Crippen LogP contribution in [0.4, 0.5) is 4.39 Å². The third-order valence-electron chi connectivity index (χ3n) is 2.91. The van der Waals surface area contributed by atoms with E-state index in [1.807, 2.05) is 6.92 Å². The quantitative estimate of drug-likeness (QED) is 0.857. The molecule has 15 heavy (non-hydrogen) atoms. The molecule has 0 spiro atoms. The molecule has 0 saturated heterocycles. The Morgan fingerprint density at radius 2 is 2.53 bits per heavy atom. The Hall–Kier alpha value is -0.970. The van der Waals surface area contributed by atoms with E-state index >= 15 is 0 Å². The lowest BCUT2D eigenvalue weighted by molar-refractivity contribution is -0.126. The highest BCUT2D eigenvalue weighted by Gasteiger charge is 2.57. The number of thiazole rings is 1. The molecular weight excluding hydrogens is 215 g/mol. The predicted molar refractivity (Wildman–Crippen MR) is 56.3 cm³/mol. The van der Waals surface area contributed by atoms with Crippen LogP contribution < -0.4 is 5.32 Å². The normalized spacial score (nSPS) is 28.9. The molecule has 2 atom stereocenters. The van der Waals surface area contributed by atoms with E-state index in [-0.39, 0.29) is 5.91 Å². The Bertz CT molecular complexity index is 393. The van der Waals surface area contributed by atoms with Crippen molar-refractivity contribution in [2.75, 3.05) is 0 Å². The average molecular weight is 228 g/mol. The number of aromatic nitrogens is 1. The molecule has 1 aromatic rings. The summed E-state index contributed by atoms with van der Waals surface area (Å²) in [5, 5.41) is 2.75. The summed E-state index contributed by atoms with van der Waals surface area (Å²) in [5.41, 5.74) is 1.89. The van der Waals surface area contributed by atoms with Gasteiger partial charge in [0, 0.05) is 4.88 Å². The smallest absolute Gasteiger partial charge is 0.229 e. The summed E-state index contributed by atoms with van der Waals surface area (Å²) in [6, 6.07) is 0. The minimum absolute atomic E-state index is 0.192. The van der Waals surface area contributed by atoms with Gasteiger partial charge in [-0.2, -0.15) is 0 Å². The molecule has 0 aromatic carbocycles. The number of amides is 1. The topological polar surface area (TPSA) is 42.0 Å². The fourth-order valence-electron chi connectivity index (χ4n) is 1.41. The maximum absolute atomic E-state index is 12.9. The lowest BCUT2D eigenvalue weighted by Gasteiger charge is -2.09. The van der Waals surface area contributed by atoms with Gasteiger partial charge in [0.05, 0.1) is 23.2 Å². The maximum Gasteiger partial charge on any atom is 0.229 e. The standard InChI is InChI=1S/C10H13FN2OS/c1-6-7(15-5-13-6)4-12-9(14)10(2)3-8(10)11/h5,8H,3-4H2,1-2H3,(H,12,14). The summed E-state index contributed by atoms with van der Waals surface area (Å²) in [6.45, 7) is 4.01. The van der Waals surface area contributed by atoms with Gasteiger partial charge in [0.2, 0.25) is 5.91 Å². The van der Waals surface area contributed by atoms with Crippen LogP contribution in [0.2, 0.25) is 0 Å². The number of halogens is 1. The Labute approximate surface area is 91.7 Å². The number of rotatable bonds is 3. The van der Waals surface area contributed by atoms with Crippen molar-refractivity contribution in [2.24, 2.45) is 5.41 Å². The molecule has 0 radical (unpaired) electrons. The Balaban J connectivity index is 1.90. The molecule has 2 rings (SSSR count). The van der Waals surface area contributed by atoms with Crippen LogP contribution in [0, 0.1) is 12.3 Å². The molecule has 1 aromatic heterocycles. The molecule has 0 aliphatic heterocycles. The molecule has 1 amide bonds. The minimum Gasteiger partial charge on any atom is -0.351 e. The van der Waals surface area contributed by atoms with Gasteiger partial charge in [-0.15, -0.1) is 11.3 Å².